The normalized spacial score (nSPS) is 12.0. The number of nitrogens with two attached hydrogens (primary N) is 1. The summed E-state index contributed by atoms with van der Waals surface area (Å²) in [5.74, 6) is 0.567. The first-order valence-corrected chi connectivity index (χ1v) is 10.1. The Morgan fingerprint density at radius 3 is 2.71 bits per heavy atom. The molecule has 4 rings (SSSR count). The second-order valence-corrected chi connectivity index (χ2v) is 8.02. The van der Waals surface area contributed by atoms with Crippen LogP contribution in [0.3, 0.4) is 0 Å². The lowest BCUT2D eigenvalue weighted by Gasteiger charge is -2.06. The van der Waals surface area contributed by atoms with Crippen molar-refractivity contribution >= 4 is 39.9 Å². The minimum atomic E-state index is -0.424. The minimum absolute atomic E-state index is 0.122. The van der Waals surface area contributed by atoms with E-state index in [2.05, 4.69) is 10.3 Å². The van der Waals surface area contributed by atoms with Crippen LogP contribution in [0.2, 0.25) is 0 Å². The van der Waals surface area contributed by atoms with Crippen LogP contribution in [0.4, 0.5) is 5.00 Å². The van der Waals surface area contributed by atoms with Crippen LogP contribution in [0.5, 0.6) is 11.5 Å². The van der Waals surface area contributed by atoms with E-state index in [9.17, 15) is 9.59 Å². The summed E-state index contributed by atoms with van der Waals surface area (Å²) in [6.45, 7) is 0.147. The highest BCUT2D eigenvalue weighted by Gasteiger charge is 2.20. The maximum Gasteiger partial charge on any atom is 0.256 e. The first-order valence-electron chi connectivity index (χ1n) is 8.28. The summed E-state index contributed by atoms with van der Waals surface area (Å²) in [5.41, 5.74) is 7.18. The quantitative estimate of drug-likeness (QED) is 0.601. The molecule has 0 unspecified atom stereocenters. The minimum Gasteiger partial charge on any atom is -0.454 e. The largest absolute Gasteiger partial charge is 0.454 e. The van der Waals surface area contributed by atoms with E-state index in [0.29, 0.717) is 32.1 Å². The number of thioether (sulfide) groups is 1. The first kappa shape index (κ1) is 18.3. The third-order valence-corrected chi connectivity index (χ3v) is 5.99. The number of amides is 2. The lowest BCUT2D eigenvalue weighted by molar-refractivity contribution is -0.115. The van der Waals surface area contributed by atoms with Crippen molar-refractivity contribution in [2.45, 2.75) is 4.34 Å². The molecule has 1 aliphatic rings. The molecule has 2 amide bonds. The summed E-state index contributed by atoms with van der Waals surface area (Å²) in [6, 6.07) is 14.5. The smallest absolute Gasteiger partial charge is 0.256 e. The molecule has 0 radical (unpaired) electrons. The number of nitrogens with one attached hydrogen (secondary N) is 1. The molecule has 0 aliphatic carbocycles. The van der Waals surface area contributed by atoms with Gasteiger partial charge < -0.3 is 20.5 Å². The van der Waals surface area contributed by atoms with E-state index < -0.39 is 5.91 Å². The van der Waals surface area contributed by atoms with Crippen LogP contribution in [0, 0.1) is 0 Å². The molecule has 0 saturated carbocycles. The predicted octanol–water partition coefficient (Wildman–Crippen LogP) is 3.37. The van der Waals surface area contributed by atoms with Gasteiger partial charge in [-0.05, 0) is 18.2 Å². The molecule has 0 saturated heterocycles. The number of primary amides is 1. The van der Waals surface area contributed by atoms with Gasteiger partial charge in [0.1, 0.15) is 10.7 Å². The third kappa shape index (κ3) is 3.95. The number of hydrogen-bond acceptors (Lipinski definition) is 7. The number of ether oxygens (including phenoxy) is 2. The zero-order valence-electron chi connectivity index (χ0n) is 14.5. The number of aromatic nitrogens is 1. The van der Waals surface area contributed by atoms with Gasteiger partial charge in [0.25, 0.3) is 5.91 Å². The van der Waals surface area contributed by atoms with Crippen LogP contribution in [-0.4, -0.2) is 29.3 Å². The lowest BCUT2D eigenvalue weighted by atomic mass is 10.1. The van der Waals surface area contributed by atoms with Gasteiger partial charge in [0, 0.05) is 11.1 Å². The molecule has 28 heavy (non-hydrogen) atoms. The molecule has 3 N–H and O–H groups in total. The van der Waals surface area contributed by atoms with Gasteiger partial charge in [0.05, 0.1) is 5.75 Å². The fourth-order valence-electron chi connectivity index (χ4n) is 2.58. The molecule has 0 fully saturated rings. The monoisotopic (exact) mass is 413 g/mol. The number of nitrogens with zero attached hydrogens (tertiary/aromatic N) is 1. The standard InChI is InChI=1S/C19H15N3O4S2/c20-15(23)9-27-19-21-16(11-4-2-1-3-5-11)18(28-19)22-17(24)12-6-7-13-14(8-12)26-10-25-13/h1-8H,9-10H2,(H2,20,23)(H,22,24). The Morgan fingerprint density at radius 2 is 1.93 bits per heavy atom. The molecule has 2 heterocycles. The van der Waals surface area contributed by atoms with Crippen LogP contribution in [0.1, 0.15) is 10.4 Å². The molecular weight excluding hydrogens is 398 g/mol. The van der Waals surface area contributed by atoms with Gasteiger partial charge >= 0.3 is 0 Å². The Bertz CT molecular complexity index is 1040. The molecule has 9 heteroatoms. The lowest BCUT2D eigenvalue weighted by Crippen LogP contribution is -2.12. The average Bonchev–Trinajstić information content (AvgIpc) is 3.33. The summed E-state index contributed by atoms with van der Waals surface area (Å²) in [4.78, 5) is 28.4. The summed E-state index contributed by atoms with van der Waals surface area (Å²) in [7, 11) is 0. The van der Waals surface area contributed by atoms with Gasteiger partial charge in [0.15, 0.2) is 15.8 Å². The number of hydrogen-bond donors (Lipinski definition) is 2. The average molecular weight is 413 g/mol. The maximum absolute atomic E-state index is 12.8. The Balaban J connectivity index is 1.62. The molecule has 0 atom stereocenters. The highest BCUT2D eigenvalue weighted by Crippen LogP contribution is 2.38. The van der Waals surface area contributed by atoms with E-state index in [1.807, 2.05) is 30.3 Å². The van der Waals surface area contributed by atoms with Crippen molar-refractivity contribution in [3.05, 3.63) is 54.1 Å². The van der Waals surface area contributed by atoms with Crippen molar-refractivity contribution in [2.24, 2.45) is 5.73 Å². The molecule has 0 spiro atoms. The van der Waals surface area contributed by atoms with Crippen molar-refractivity contribution in [3.63, 3.8) is 0 Å². The van der Waals surface area contributed by atoms with E-state index in [4.69, 9.17) is 15.2 Å². The second kappa shape index (κ2) is 7.91. The van der Waals surface area contributed by atoms with E-state index >= 15 is 0 Å². The Hall–Kier alpha value is -3.04. The van der Waals surface area contributed by atoms with E-state index in [1.54, 1.807) is 18.2 Å². The summed E-state index contributed by atoms with van der Waals surface area (Å²) >= 11 is 2.54. The van der Waals surface area contributed by atoms with Crippen molar-refractivity contribution in [1.29, 1.82) is 0 Å². The van der Waals surface area contributed by atoms with Crippen LogP contribution in [0.25, 0.3) is 11.3 Å². The number of benzene rings is 2. The van der Waals surface area contributed by atoms with Crippen LogP contribution in [-0.2, 0) is 4.79 Å². The molecule has 2 aromatic carbocycles. The molecule has 1 aromatic heterocycles. The number of carbonyl (C=O) groups is 2. The Labute approximate surface area is 168 Å². The fraction of sp³-hybridized carbons (Fsp3) is 0.105. The molecule has 7 nitrogen and oxygen atoms in total. The van der Waals surface area contributed by atoms with Crippen molar-refractivity contribution in [3.8, 4) is 22.8 Å². The second-order valence-electron chi connectivity index (χ2n) is 5.80. The fourth-order valence-corrected chi connectivity index (χ4v) is 4.38. The van der Waals surface area contributed by atoms with Crippen molar-refractivity contribution in [1.82, 2.24) is 4.98 Å². The topological polar surface area (TPSA) is 104 Å². The molecule has 142 valence electrons. The number of anilines is 1. The van der Waals surface area contributed by atoms with Crippen LogP contribution >= 0.6 is 23.1 Å². The summed E-state index contributed by atoms with van der Waals surface area (Å²) in [6.07, 6.45) is 0. The molecule has 1 aliphatic heterocycles. The van der Waals surface area contributed by atoms with E-state index in [-0.39, 0.29) is 18.5 Å². The highest BCUT2D eigenvalue weighted by atomic mass is 32.2. The van der Waals surface area contributed by atoms with Gasteiger partial charge in [-0.3, -0.25) is 9.59 Å². The number of fused-ring (bicyclic) bond motifs is 1. The van der Waals surface area contributed by atoms with Crippen molar-refractivity contribution < 1.29 is 19.1 Å². The Kier molecular flexibility index (Phi) is 5.18. The molecule has 0 bridgehead atoms. The van der Waals surface area contributed by atoms with Gasteiger partial charge in [-0.2, -0.15) is 0 Å². The number of carbonyl (C=O) groups excluding carboxylic acids is 2. The maximum atomic E-state index is 12.8. The molecular formula is C19H15N3O4S2. The number of rotatable bonds is 6. The van der Waals surface area contributed by atoms with Gasteiger partial charge in [-0.15, -0.1) is 0 Å². The Morgan fingerprint density at radius 1 is 1.14 bits per heavy atom. The number of thiazole rings is 1. The third-order valence-electron chi connectivity index (χ3n) is 3.85. The van der Waals surface area contributed by atoms with Gasteiger partial charge in [0.2, 0.25) is 12.7 Å². The van der Waals surface area contributed by atoms with E-state index in [0.717, 1.165) is 5.56 Å². The summed E-state index contributed by atoms with van der Waals surface area (Å²) in [5, 5.41) is 3.51. The molecule has 3 aromatic rings. The summed E-state index contributed by atoms with van der Waals surface area (Å²) < 4.78 is 11.3. The first-order chi connectivity index (χ1) is 13.6. The van der Waals surface area contributed by atoms with Crippen LogP contribution in [0.15, 0.2) is 52.9 Å². The van der Waals surface area contributed by atoms with Gasteiger partial charge in [-0.25, -0.2) is 4.98 Å². The van der Waals surface area contributed by atoms with Gasteiger partial charge in [-0.1, -0.05) is 53.4 Å². The van der Waals surface area contributed by atoms with Crippen LogP contribution < -0.4 is 20.5 Å². The zero-order valence-corrected chi connectivity index (χ0v) is 16.1. The SMILES string of the molecule is NC(=O)CSc1nc(-c2ccccc2)c(NC(=O)c2ccc3c(c2)OCO3)s1. The van der Waals surface area contributed by atoms with Crippen molar-refractivity contribution in [2.75, 3.05) is 17.9 Å². The van der Waals surface area contributed by atoms with E-state index in [1.165, 1.54) is 23.1 Å². The zero-order chi connectivity index (χ0) is 19.5. The predicted molar refractivity (Wildman–Crippen MR) is 108 cm³/mol. The highest BCUT2D eigenvalue weighted by molar-refractivity contribution is 8.01.